The fourth-order valence-corrected chi connectivity index (χ4v) is 2.80. The minimum absolute atomic E-state index is 0.420. The molecule has 2 aromatic rings. The van der Waals surface area contributed by atoms with E-state index in [2.05, 4.69) is 40.3 Å². The largest absolute Gasteiger partial charge is 0.346 e. The Morgan fingerprint density at radius 2 is 2.21 bits per heavy atom. The number of terminal acetylenes is 1. The molecule has 4 nitrogen and oxygen atoms in total. The number of rotatable bonds is 2. The van der Waals surface area contributed by atoms with Gasteiger partial charge in [0, 0.05) is 23.5 Å². The highest BCUT2D eigenvalue weighted by Crippen LogP contribution is 2.27. The van der Waals surface area contributed by atoms with Gasteiger partial charge in [-0.2, -0.15) is 0 Å². The quantitative estimate of drug-likeness (QED) is 0.831. The summed E-state index contributed by atoms with van der Waals surface area (Å²) in [6, 6.07) is 2.18. The monoisotopic (exact) mass is 317 g/mol. The normalized spacial score (nSPS) is 14.8. The Hall–Kier alpha value is -3.06. The number of aromatic amines is 1. The third-order valence-electron chi connectivity index (χ3n) is 4.28. The van der Waals surface area contributed by atoms with Crippen molar-refractivity contribution in [2.45, 2.75) is 26.7 Å². The summed E-state index contributed by atoms with van der Waals surface area (Å²) in [4.78, 5) is 19.1. The Bertz CT molecular complexity index is 935. The molecule has 4 heteroatoms. The molecule has 120 valence electrons. The minimum Gasteiger partial charge on any atom is -0.346 e. The second-order valence-corrected chi connectivity index (χ2v) is 5.94. The first-order valence-electron chi connectivity index (χ1n) is 7.87. The van der Waals surface area contributed by atoms with Crippen LogP contribution in [0.5, 0.6) is 0 Å². The van der Waals surface area contributed by atoms with Gasteiger partial charge in [-0.05, 0) is 67.0 Å². The number of fused-ring (bicyclic) bond motifs is 1. The van der Waals surface area contributed by atoms with Gasteiger partial charge in [-0.15, -0.1) is 6.42 Å². The van der Waals surface area contributed by atoms with Crippen LogP contribution in [-0.4, -0.2) is 15.9 Å². The first-order chi connectivity index (χ1) is 11.6. The molecule has 2 aromatic heterocycles. The van der Waals surface area contributed by atoms with Crippen molar-refractivity contribution in [2.24, 2.45) is 0 Å². The Balaban J connectivity index is 1.89. The van der Waals surface area contributed by atoms with Crippen LogP contribution in [0.25, 0.3) is 16.6 Å². The molecule has 3 rings (SSSR count). The molecule has 0 atom stereocenters. The van der Waals surface area contributed by atoms with Gasteiger partial charge in [0.2, 0.25) is 0 Å². The van der Waals surface area contributed by atoms with Crippen molar-refractivity contribution in [1.29, 1.82) is 0 Å². The highest BCUT2D eigenvalue weighted by atomic mass is 16.1. The zero-order valence-electron chi connectivity index (χ0n) is 13.8. The van der Waals surface area contributed by atoms with Crippen LogP contribution in [0.1, 0.15) is 30.9 Å². The third-order valence-corrected chi connectivity index (χ3v) is 4.28. The molecule has 0 unspecified atom stereocenters. The fourth-order valence-electron chi connectivity index (χ4n) is 2.80. The zero-order chi connectivity index (χ0) is 17.1. The molecule has 0 aliphatic heterocycles. The molecule has 0 spiro atoms. The van der Waals surface area contributed by atoms with Gasteiger partial charge in [-0.3, -0.25) is 4.79 Å². The number of pyridine rings is 1. The van der Waals surface area contributed by atoms with Crippen molar-refractivity contribution in [3.05, 3.63) is 59.1 Å². The second-order valence-electron chi connectivity index (χ2n) is 5.94. The Kier molecular flexibility index (Phi) is 4.35. The zero-order valence-corrected chi connectivity index (χ0v) is 13.8. The van der Waals surface area contributed by atoms with Crippen LogP contribution >= 0.6 is 0 Å². The number of hydrogen-bond donors (Lipinski definition) is 2. The highest BCUT2D eigenvalue weighted by Gasteiger charge is 2.10. The molecule has 0 aromatic carbocycles. The van der Waals surface area contributed by atoms with E-state index in [-0.39, 0.29) is 0 Å². The van der Waals surface area contributed by atoms with Gasteiger partial charge in [0.15, 0.2) is 0 Å². The van der Waals surface area contributed by atoms with Gasteiger partial charge in [0.05, 0.1) is 0 Å². The average molecular weight is 317 g/mol. The first-order valence-corrected chi connectivity index (χ1v) is 7.87. The number of aromatic nitrogens is 2. The lowest BCUT2D eigenvalue weighted by Gasteiger charge is -2.13. The lowest BCUT2D eigenvalue weighted by molar-refractivity contribution is -0.114. The molecule has 1 amide bonds. The van der Waals surface area contributed by atoms with Crippen molar-refractivity contribution in [3.8, 4) is 12.3 Å². The number of hydrogen-bond acceptors (Lipinski definition) is 2. The second kappa shape index (κ2) is 6.59. The molecule has 1 aliphatic carbocycles. The Morgan fingerprint density at radius 3 is 3.00 bits per heavy atom. The number of aryl methyl sites for hydroxylation is 1. The molecule has 0 fully saturated rings. The molecular weight excluding hydrogens is 298 g/mol. The van der Waals surface area contributed by atoms with Crippen molar-refractivity contribution >= 4 is 22.5 Å². The number of H-pyrrole nitrogens is 1. The standard InChI is InChI=1S/C20H19N3O/c1-4-19(24)23-18-7-5-6-15(9-8-13(18)2)16-10-17-14(3)11-21-20(17)22-12-16/h1,5-7,10-12H,8-9H2,2-3H3,(H,21,22)(H,23,24). The van der Waals surface area contributed by atoms with Gasteiger partial charge < -0.3 is 10.3 Å². The smallest absolute Gasteiger partial charge is 0.300 e. The van der Waals surface area contributed by atoms with E-state index in [1.54, 1.807) is 0 Å². The molecule has 0 saturated carbocycles. The third kappa shape index (κ3) is 3.16. The molecule has 0 radical (unpaired) electrons. The van der Waals surface area contributed by atoms with Crippen LogP contribution < -0.4 is 5.32 Å². The van der Waals surface area contributed by atoms with Gasteiger partial charge >= 0.3 is 0 Å². The number of nitrogens with zero attached hydrogens (tertiary/aromatic N) is 1. The summed E-state index contributed by atoms with van der Waals surface area (Å²) in [6.45, 7) is 4.08. The van der Waals surface area contributed by atoms with Gasteiger partial charge in [-0.1, -0.05) is 12.2 Å². The summed E-state index contributed by atoms with van der Waals surface area (Å²) in [7, 11) is 0. The van der Waals surface area contributed by atoms with Crippen LogP contribution in [0.15, 0.2) is 48.0 Å². The van der Waals surface area contributed by atoms with E-state index in [9.17, 15) is 4.79 Å². The maximum absolute atomic E-state index is 11.4. The molecule has 24 heavy (non-hydrogen) atoms. The summed E-state index contributed by atoms with van der Waals surface area (Å²) >= 11 is 0. The fraction of sp³-hybridized carbons (Fsp3) is 0.200. The van der Waals surface area contributed by atoms with Crippen LogP contribution in [-0.2, 0) is 4.79 Å². The maximum atomic E-state index is 11.4. The van der Waals surface area contributed by atoms with Gasteiger partial charge in [-0.25, -0.2) is 4.98 Å². The summed E-state index contributed by atoms with van der Waals surface area (Å²) in [5, 5.41) is 3.89. The van der Waals surface area contributed by atoms with E-state index in [0.29, 0.717) is 0 Å². The molecule has 2 heterocycles. The summed E-state index contributed by atoms with van der Waals surface area (Å²) in [5.74, 6) is 1.66. The summed E-state index contributed by atoms with van der Waals surface area (Å²) < 4.78 is 0. The van der Waals surface area contributed by atoms with E-state index in [4.69, 9.17) is 6.42 Å². The molecule has 0 saturated heterocycles. The van der Waals surface area contributed by atoms with Crippen molar-refractivity contribution in [3.63, 3.8) is 0 Å². The van der Waals surface area contributed by atoms with Crippen molar-refractivity contribution < 1.29 is 4.79 Å². The molecule has 1 aliphatic rings. The van der Waals surface area contributed by atoms with Crippen LogP contribution in [0.3, 0.4) is 0 Å². The Labute approximate surface area is 141 Å². The molecular formula is C20H19N3O. The van der Waals surface area contributed by atoms with E-state index >= 15 is 0 Å². The number of carbonyl (C=O) groups excluding carboxylic acids is 1. The molecule has 0 bridgehead atoms. The number of carbonyl (C=O) groups is 1. The van der Waals surface area contributed by atoms with Gasteiger partial charge in [0.25, 0.3) is 5.91 Å². The predicted molar refractivity (Wildman–Crippen MR) is 96.9 cm³/mol. The minimum atomic E-state index is -0.420. The summed E-state index contributed by atoms with van der Waals surface area (Å²) in [6.07, 6.45) is 16.6. The summed E-state index contributed by atoms with van der Waals surface area (Å²) in [5.41, 5.74) is 6.34. The van der Waals surface area contributed by atoms with E-state index < -0.39 is 5.91 Å². The SMILES string of the molecule is C#CC(=O)NC1=C(C)CCC(c2cnc3[nH]cc(C)c3c2)=CC=C1. The molecule has 2 N–H and O–H groups in total. The van der Waals surface area contributed by atoms with Crippen molar-refractivity contribution in [2.75, 3.05) is 0 Å². The topological polar surface area (TPSA) is 57.8 Å². The van der Waals surface area contributed by atoms with E-state index in [1.165, 1.54) is 11.1 Å². The lowest BCUT2D eigenvalue weighted by atomic mass is 9.96. The number of allylic oxidation sites excluding steroid dienone is 5. The Morgan fingerprint density at radius 1 is 1.38 bits per heavy atom. The predicted octanol–water partition coefficient (Wildman–Crippen LogP) is 3.63. The van der Waals surface area contributed by atoms with E-state index in [0.717, 1.165) is 40.7 Å². The maximum Gasteiger partial charge on any atom is 0.300 e. The highest BCUT2D eigenvalue weighted by molar-refractivity contribution is 5.94. The average Bonchev–Trinajstić information content (AvgIpc) is 2.95. The van der Waals surface area contributed by atoms with Crippen LogP contribution in [0.4, 0.5) is 0 Å². The number of amides is 1. The van der Waals surface area contributed by atoms with E-state index in [1.807, 2.05) is 31.5 Å². The van der Waals surface area contributed by atoms with Crippen LogP contribution in [0.2, 0.25) is 0 Å². The van der Waals surface area contributed by atoms with Gasteiger partial charge in [0.1, 0.15) is 5.65 Å². The van der Waals surface area contributed by atoms with Crippen LogP contribution in [0, 0.1) is 19.3 Å². The lowest BCUT2D eigenvalue weighted by Crippen LogP contribution is -2.21. The number of nitrogens with one attached hydrogen (secondary N) is 2. The van der Waals surface area contributed by atoms with Crippen molar-refractivity contribution in [1.82, 2.24) is 15.3 Å². The first kappa shape index (κ1) is 15.8.